The third kappa shape index (κ3) is 3.41. The minimum atomic E-state index is 0.327. The molecule has 0 atom stereocenters. The number of rotatable bonds is 5. The van der Waals surface area contributed by atoms with Gasteiger partial charge in [0.15, 0.2) is 0 Å². The molecule has 2 rings (SSSR count). The molecule has 0 spiro atoms. The first-order chi connectivity index (χ1) is 9.09. The Hall–Kier alpha value is -1.23. The Kier molecular flexibility index (Phi) is 4.69. The SMILES string of the molecule is Cc1nn(C(C)C)c(NCCN2CCCCC2)c1N. The summed E-state index contributed by atoms with van der Waals surface area (Å²) in [5, 5.41) is 7.96. The van der Waals surface area contributed by atoms with Gasteiger partial charge in [-0.2, -0.15) is 5.10 Å². The maximum absolute atomic E-state index is 6.10. The molecule has 2 heterocycles. The molecule has 1 saturated heterocycles. The van der Waals surface area contributed by atoms with E-state index in [1.807, 2.05) is 11.6 Å². The van der Waals surface area contributed by atoms with E-state index in [2.05, 4.69) is 29.2 Å². The van der Waals surface area contributed by atoms with Crippen molar-refractivity contribution >= 4 is 11.5 Å². The molecule has 0 aliphatic carbocycles. The normalized spacial score (nSPS) is 17.1. The number of anilines is 2. The van der Waals surface area contributed by atoms with Crippen molar-refractivity contribution < 1.29 is 0 Å². The first-order valence-electron chi connectivity index (χ1n) is 7.40. The van der Waals surface area contributed by atoms with Gasteiger partial charge in [-0.15, -0.1) is 0 Å². The summed E-state index contributed by atoms with van der Waals surface area (Å²) in [4.78, 5) is 2.52. The molecule has 5 nitrogen and oxygen atoms in total. The van der Waals surface area contributed by atoms with Gasteiger partial charge in [-0.1, -0.05) is 6.42 Å². The lowest BCUT2D eigenvalue weighted by molar-refractivity contribution is 0.237. The number of hydrogen-bond acceptors (Lipinski definition) is 4. The smallest absolute Gasteiger partial charge is 0.148 e. The van der Waals surface area contributed by atoms with Gasteiger partial charge >= 0.3 is 0 Å². The van der Waals surface area contributed by atoms with Crippen molar-refractivity contribution in [1.82, 2.24) is 14.7 Å². The van der Waals surface area contributed by atoms with Crippen LogP contribution >= 0.6 is 0 Å². The Balaban J connectivity index is 1.91. The largest absolute Gasteiger partial charge is 0.394 e. The zero-order valence-electron chi connectivity index (χ0n) is 12.4. The zero-order chi connectivity index (χ0) is 13.8. The highest BCUT2D eigenvalue weighted by Crippen LogP contribution is 2.25. The van der Waals surface area contributed by atoms with Crippen molar-refractivity contribution in [2.45, 2.75) is 46.1 Å². The second-order valence-electron chi connectivity index (χ2n) is 5.72. The van der Waals surface area contributed by atoms with Crippen LogP contribution in [0.4, 0.5) is 11.5 Å². The molecule has 1 aromatic rings. The van der Waals surface area contributed by atoms with Gasteiger partial charge in [-0.3, -0.25) is 0 Å². The summed E-state index contributed by atoms with van der Waals surface area (Å²) in [6.07, 6.45) is 4.06. The first kappa shape index (κ1) is 14.2. The molecule has 0 bridgehead atoms. The summed E-state index contributed by atoms with van der Waals surface area (Å²) in [6.45, 7) is 10.7. The van der Waals surface area contributed by atoms with Gasteiger partial charge in [0.25, 0.3) is 0 Å². The van der Waals surface area contributed by atoms with Crippen molar-refractivity contribution in [3.8, 4) is 0 Å². The highest BCUT2D eigenvalue weighted by atomic mass is 15.4. The standard InChI is InChI=1S/C14H27N5/c1-11(2)19-14(13(15)12(3)17-19)16-7-10-18-8-5-4-6-9-18/h11,16H,4-10,15H2,1-3H3. The minimum Gasteiger partial charge on any atom is -0.394 e. The summed E-state index contributed by atoms with van der Waals surface area (Å²) in [5.74, 6) is 0.976. The quantitative estimate of drug-likeness (QED) is 0.857. The van der Waals surface area contributed by atoms with Crippen LogP contribution in [0.3, 0.4) is 0 Å². The molecular formula is C14H27N5. The van der Waals surface area contributed by atoms with Gasteiger partial charge in [0.05, 0.1) is 11.4 Å². The lowest BCUT2D eigenvalue weighted by atomic mass is 10.1. The number of nitrogen functional groups attached to an aromatic ring is 1. The van der Waals surface area contributed by atoms with E-state index in [0.29, 0.717) is 6.04 Å². The van der Waals surface area contributed by atoms with Crippen LogP contribution < -0.4 is 11.1 Å². The Morgan fingerprint density at radius 3 is 2.58 bits per heavy atom. The third-order valence-electron chi connectivity index (χ3n) is 3.79. The minimum absolute atomic E-state index is 0.327. The number of aromatic nitrogens is 2. The molecule has 0 amide bonds. The first-order valence-corrected chi connectivity index (χ1v) is 7.40. The number of aryl methyl sites for hydroxylation is 1. The van der Waals surface area contributed by atoms with E-state index in [1.165, 1.54) is 32.4 Å². The molecular weight excluding hydrogens is 238 g/mol. The van der Waals surface area contributed by atoms with Gasteiger partial charge in [-0.25, -0.2) is 4.68 Å². The van der Waals surface area contributed by atoms with Crippen LogP contribution in [0.2, 0.25) is 0 Å². The number of nitrogens with one attached hydrogen (secondary N) is 1. The van der Waals surface area contributed by atoms with Gasteiger partial charge in [0.2, 0.25) is 0 Å². The number of hydrogen-bond donors (Lipinski definition) is 2. The highest BCUT2D eigenvalue weighted by molar-refractivity contribution is 5.64. The molecule has 5 heteroatoms. The average Bonchev–Trinajstić information content (AvgIpc) is 2.68. The summed E-state index contributed by atoms with van der Waals surface area (Å²) in [6, 6.07) is 0.327. The molecule has 0 saturated carbocycles. The summed E-state index contributed by atoms with van der Waals surface area (Å²) in [7, 11) is 0. The highest BCUT2D eigenvalue weighted by Gasteiger charge is 2.15. The molecule has 1 aliphatic heterocycles. The zero-order valence-corrected chi connectivity index (χ0v) is 12.4. The maximum atomic E-state index is 6.10. The third-order valence-corrected chi connectivity index (χ3v) is 3.79. The van der Waals surface area contributed by atoms with E-state index in [-0.39, 0.29) is 0 Å². The molecule has 0 unspecified atom stereocenters. The van der Waals surface area contributed by atoms with Gasteiger partial charge in [0, 0.05) is 19.1 Å². The molecule has 1 fully saturated rings. The van der Waals surface area contributed by atoms with E-state index in [1.54, 1.807) is 0 Å². The average molecular weight is 265 g/mol. The van der Waals surface area contributed by atoms with Crippen LogP contribution in [0, 0.1) is 6.92 Å². The molecule has 0 radical (unpaired) electrons. The molecule has 108 valence electrons. The number of nitrogens with zero attached hydrogens (tertiary/aromatic N) is 3. The van der Waals surface area contributed by atoms with E-state index in [4.69, 9.17) is 5.73 Å². The van der Waals surface area contributed by atoms with Gasteiger partial charge in [-0.05, 0) is 46.7 Å². The van der Waals surface area contributed by atoms with Crippen LogP contribution in [-0.4, -0.2) is 40.9 Å². The van der Waals surface area contributed by atoms with Crippen molar-refractivity contribution in [2.24, 2.45) is 0 Å². The number of nitrogens with two attached hydrogens (primary N) is 1. The molecule has 0 aromatic carbocycles. The second kappa shape index (κ2) is 6.28. The van der Waals surface area contributed by atoms with Crippen molar-refractivity contribution in [3.63, 3.8) is 0 Å². The number of likely N-dealkylation sites (tertiary alicyclic amines) is 1. The molecule has 1 aromatic heterocycles. The topological polar surface area (TPSA) is 59.1 Å². The van der Waals surface area contributed by atoms with E-state index in [0.717, 1.165) is 30.3 Å². The monoisotopic (exact) mass is 265 g/mol. The van der Waals surface area contributed by atoms with Crippen LogP contribution in [0.1, 0.15) is 44.8 Å². The predicted molar refractivity (Wildman–Crippen MR) is 80.5 cm³/mol. The Labute approximate surface area is 116 Å². The molecule has 3 N–H and O–H groups in total. The lowest BCUT2D eigenvalue weighted by Crippen LogP contribution is -2.34. The predicted octanol–water partition coefficient (Wildman–Crippen LogP) is 2.25. The van der Waals surface area contributed by atoms with Gasteiger partial charge < -0.3 is 16.0 Å². The Morgan fingerprint density at radius 1 is 1.26 bits per heavy atom. The van der Waals surface area contributed by atoms with Crippen LogP contribution in [-0.2, 0) is 0 Å². The van der Waals surface area contributed by atoms with Crippen LogP contribution in [0.25, 0.3) is 0 Å². The fourth-order valence-corrected chi connectivity index (χ4v) is 2.63. The van der Waals surface area contributed by atoms with E-state index in [9.17, 15) is 0 Å². The van der Waals surface area contributed by atoms with Crippen LogP contribution in [0.15, 0.2) is 0 Å². The Morgan fingerprint density at radius 2 is 1.95 bits per heavy atom. The lowest BCUT2D eigenvalue weighted by Gasteiger charge is -2.26. The van der Waals surface area contributed by atoms with Crippen molar-refractivity contribution in [2.75, 3.05) is 37.2 Å². The summed E-state index contributed by atoms with van der Waals surface area (Å²) in [5.41, 5.74) is 7.80. The fourth-order valence-electron chi connectivity index (χ4n) is 2.63. The second-order valence-corrected chi connectivity index (χ2v) is 5.72. The maximum Gasteiger partial charge on any atom is 0.148 e. The Bertz CT molecular complexity index is 404. The van der Waals surface area contributed by atoms with Crippen molar-refractivity contribution in [3.05, 3.63) is 5.69 Å². The van der Waals surface area contributed by atoms with Gasteiger partial charge in [0.1, 0.15) is 5.82 Å². The fraction of sp³-hybridized carbons (Fsp3) is 0.786. The summed E-state index contributed by atoms with van der Waals surface area (Å²) < 4.78 is 1.99. The molecule has 19 heavy (non-hydrogen) atoms. The summed E-state index contributed by atoms with van der Waals surface area (Å²) >= 11 is 0. The van der Waals surface area contributed by atoms with Crippen LogP contribution in [0.5, 0.6) is 0 Å². The van der Waals surface area contributed by atoms with Crippen molar-refractivity contribution in [1.29, 1.82) is 0 Å². The van der Waals surface area contributed by atoms with E-state index < -0.39 is 0 Å². The number of piperidine rings is 1. The van der Waals surface area contributed by atoms with E-state index >= 15 is 0 Å². The molecule has 1 aliphatic rings.